The summed E-state index contributed by atoms with van der Waals surface area (Å²) in [6, 6.07) is 9.92. The van der Waals surface area contributed by atoms with Gasteiger partial charge in [0.1, 0.15) is 18.5 Å². The van der Waals surface area contributed by atoms with Crippen molar-refractivity contribution in [1.29, 1.82) is 0 Å². The summed E-state index contributed by atoms with van der Waals surface area (Å²) in [4.78, 5) is 15.5. The summed E-state index contributed by atoms with van der Waals surface area (Å²) in [6.07, 6.45) is 2.69. The van der Waals surface area contributed by atoms with Crippen LogP contribution in [0.3, 0.4) is 0 Å². The lowest BCUT2D eigenvalue weighted by molar-refractivity contribution is 0.126. The molecular weight excluding hydrogens is 348 g/mol. The SMILES string of the molecule is CON=C(c1ccccc1)C1CC(c2csc(C3CCNCC3)n2)=NO1. The highest BCUT2D eigenvalue weighted by Crippen LogP contribution is 2.29. The van der Waals surface area contributed by atoms with E-state index in [4.69, 9.17) is 14.7 Å². The number of hydrogen-bond donors (Lipinski definition) is 1. The van der Waals surface area contributed by atoms with Crippen LogP contribution in [0, 0.1) is 0 Å². The van der Waals surface area contributed by atoms with E-state index in [0.29, 0.717) is 12.3 Å². The van der Waals surface area contributed by atoms with Crippen LogP contribution in [0.4, 0.5) is 0 Å². The van der Waals surface area contributed by atoms with Gasteiger partial charge < -0.3 is 15.0 Å². The number of thiazole rings is 1. The Morgan fingerprint density at radius 3 is 2.85 bits per heavy atom. The summed E-state index contributed by atoms with van der Waals surface area (Å²) in [6.45, 7) is 2.14. The molecule has 0 saturated carbocycles. The smallest absolute Gasteiger partial charge is 0.178 e. The minimum Gasteiger partial charge on any atom is -0.399 e. The van der Waals surface area contributed by atoms with Crippen LogP contribution in [0.2, 0.25) is 0 Å². The molecule has 6 nitrogen and oxygen atoms in total. The zero-order valence-electron chi connectivity index (χ0n) is 14.7. The number of nitrogens with one attached hydrogen (secondary N) is 1. The summed E-state index contributed by atoms with van der Waals surface area (Å²) in [7, 11) is 1.55. The van der Waals surface area contributed by atoms with E-state index in [2.05, 4.69) is 21.0 Å². The molecule has 1 aromatic heterocycles. The van der Waals surface area contributed by atoms with Gasteiger partial charge >= 0.3 is 0 Å². The van der Waals surface area contributed by atoms with Crippen LogP contribution in [0.25, 0.3) is 0 Å². The van der Waals surface area contributed by atoms with Crippen LogP contribution >= 0.6 is 11.3 Å². The first-order valence-corrected chi connectivity index (χ1v) is 9.79. The molecule has 1 unspecified atom stereocenters. The van der Waals surface area contributed by atoms with E-state index >= 15 is 0 Å². The molecule has 4 rings (SSSR count). The van der Waals surface area contributed by atoms with Crippen LogP contribution in [0.1, 0.15) is 41.4 Å². The molecule has 1 fully saturated rings. The number of rotatable bonds is 5. The van der Waals surface area contributed by atoms with Crippen molar-refractivity contribution in [3.8, 4) is 0 Å². The van der Waals surface area contributed by atoms with Crippen LogP contribution in [-0.2, 0) is 9.68 Å². The Morgan fingerprint density at radius 1 is 1.27 bits per heavy atom. The van der Waals surface area contributed by atoms with Crippen molar-refractivity contribution in [2.45, 2.75) is 31.3 Å². The molecule has 1 aromatic carbocycles. The number of oxime groups is 2. The minimum atomic E-state index is -0.253. The largest absolute Gasteiger partial charge is 0.399 e. The number of piperidine rings is 1. The van der Waals surface area contributed by atoms with Gasteiger partial charge in [0.05, 0.1) is 10.7 Å². The maximum Gasteiger partial charge on any atom is 0.178 e. The molecule has 0 radical (unpaired) electrons. The number of aromatic nitrogens is 1. The van der Waals surface area contributed by atoms with Crippen LogP contribution < -0.4 is 5.32 Å². The van der Waals surface area contributed by atoms with Gasteiger partial charge in [-0.15, -0.1) is 11.3 Å². The van der Waals surface area contributed by atoms with Crippen molar-refractivity contribution in [2.75, 3.05) is 20.2 Å². The quantitative estimate of drug-likeness (QED) is 0.648. The summed E-state index contributed by atoms with van der Waals surface area (Å²) < 4.78 is 0. The second-order valence-corrected chi connectivity index (χ2v) is 7.35. The van der Waals surface area contributed by atoms with E-state index in [1.807, 2.05) is 30.3 Å². The molecule has 1 atom stereocenters. The highest BCUT2D eigenvalue weighted by atomic mass is 32.1. The van der Waals surface area contributed by atoms with Crippen molar-refractivity contribution in [3.63, 3.8) is 0 Å². The second kappa shape index (κ2) is 7.97. The van der Waals surface area contributed by atoms with Crippen molar-refractivity contribution in [3.05, 3.63) is 52.0 Å². The fourth-order valence-electron chi connectivity index (χ4n) is 3.36. The zero-order valence-corrected chi connectivity index (χ0v) is 15.5. The van der Waals surface area contributed by atoms with Crippen molar-refractivity contribution >= 4 is 22.8 Å². The molecule has 1 saturated heterocycles. The maximum absolute atomic E-state index is 5.68. The second-order valence-electron chi connectivity index (χ2n) is 6.46. The Balaban J connectivity index is 1.47. The number of nitrogens with zero attached hydrogens (tertiary/aromatic N) is 3. The molecule has 3 heterocycles. The molecule has 0 bridgehead atoms. The van der Waals surface area contributed by atoms with Gasteiger partial charge in [-0.05, 0) is 25.9 Å². The van der Waals surface area contributed by atoms with E-state index in [0.717, 1.165) is 48.6 Å². The first-order valence-electron chi connectivity index (χ1n) is 8.91. The molecule has 2 aliphatic rings. The van der Waals surface area contributed by atoms with Gasteiger partial charge in [0.15, 0.2) is 6.10 Å². The third kappa shape index (κ3) is 3.64. The highest BCUT2D eigenvalue weighted by molar-refractivity contribution is 7.10. The van der Waals surface area contributed by atoms with Crippen molar-refractivity contribution in [2.24, 2.45) is 10.3 Å². The van der Waals surface area contributed by atoms with Gasteiger partial charge in [-0.25, -0.2) is 4.98 Å². The number of benzene rings is 1. The van der Waals surface area contributed by atoms with Crippen LogP contribution in [0.15, 0.2) is 46.0 Å². The maximum atomic E-state index is 5.68. The molecule has 26 heavy (non-hydrogen) atoms. The Labute approximate surface area is 156 Å². The fourth-order valence-corrected chi connectivity index (χ4v) is 4.36. The first-order chi connectivity index (χ1) is 12.8. The van der Waals surface area contributed by atoms with Gasteiger partial charge in [0, 0.05) is 23.3 Å². The predicted molar refractivity (Wildman–Crippen MR) is 103 cm³/mol. The molecule has 0 amide bonds. The van der Waals surface area contributed by atoms with E-state index in [-0.39, 0.29) is 6.10 Å². The summed E-state index contributed by atoms with van der Waals surface area (Å²) >= 11 is 1.73. The average Bonchev–Trinajstić information content (AvgIpc) is 3.37. The predicted octanol–water partition coefficient (Wildman–Crippen LogP) is 3.15. The molecule has 0 spiro atoms. The fraction of sp³-hybridized carbons (Fsp3) is 0.421. The Kier molecular flexibility index (Phi) is 5.26. The molecule has 2 aromatic rings. The van der Waals surface area contributed by atoms with Gasteiger partial charge in [0.25, 0.3) is 0 Å². The van der Waals surface area contributed by atoms with Gasteiger partial charge in [-0.3, -0.25) is 0 Å². The summed E-state index contributed by atoms with van der Waals surface area (Å²) in [5, 5.41) is 15.2. The third-order valence-corrected chi connectivity index (χ3v) is 5.75. The summed E-state index contributed by atoms with van der Waals surface area (Å²) in [5.41, 5.74) is 3.53. The minimum absolute atomic E-state index is 0.253. The topological polar surface area (TPSA) is 68.1 Å². The zero-order chi connectivity index (χ0) is 17.8. The highest BCUT2D eigenvalue weighted by Gasteiger charge is 2.30. The molecule has 7 heteroatoms. The van der Waals surface area contributed by atoms with Gasteiger partial charge in [-0.2, -0.15) is 0 Å². The molecule has 1 N–H and O–H groups in total. The normalized spacial score (nSPS) is 21.3. The van der Waals surface area contributed by atoms with Crippen LogP contribution in [-0.4, -0.2) is 42.7 Å². The Morgan fingerprint density at radius 2 is 2.08 bits per heavy atom. The number of hydrogen-bond acceptors (Lipinski definition) is 7. The summed E-state index contributed by atoms with van der Waals surface area (Å²) in [5.74, 6) is 0.559. The van der Waals surface area contributed by atoms with E-state index in [1.165, 1.54) is 5.01 Å². The molecule has 0 aliphatic carbocycles. The lowest BCUT2D eigenvalue weighted by atomic mass is 9.99. The van der Waals surface area contributed by atoms with Crippen LogP contribution in [0.5, 0.6) is 0 Å². The lowest BCUT2D eigenvalue weighted by Gasteiger charge is -2.20. The molecule has 2 aliphatic heterocycles. The molecule has 136 valence electrons. The van der Waals surface area contributed by atoms with E-state index < -0.39 is 0 Å². The van der Waals surface area contributed by atoms with E-state index in [1.54, 1.807) is 18.4 Å². The van der Waals surface area contributed by atoms with Gasteiger partial charge in [0.2, 0.25) is 0 Å². The first kappa shape index (κ1) is 17.2. The monoisotopic (exact) mass is 370 g/mol. The van der Waals surface area contributed by atoms with Gasteiger partial charge in [-0.1, -0.05) is 40.6 Å². The standard InChI is InChI=1S/C19H22N4O2S/c1-24-23-18(13-5-3-2-4-6-13)17-11-15(22-25-17)16-12-26-19(21-16)14-7-9-20-10-8-14/h2-6,12,14,17,20H,7-11H2,1H3. The third-order valence-electron chi connectivity index (χ3n) is 4.74. The van der Waals surface area contributed by atoms with Crippen molar-refractivity contribution < 1.29 is 9.68 Å². The molecular formula is C19H22N4O2S. The lowest BCUT2D eigenvalue weighted by Crippen LogP contribution is -2.26. The average molecular weight is 370 g/mol. The van der Waals surface area contributed by atoms with Crippen molar-refractivity contribution in [1.82, 2.24) is 10.3 Å². The van der Waals surface area contributed by atoms with E-state index in [9.17, 15) is 0 Å². The Bertz CT molecular complexity index is 797. The Hall–Kier alpha value is -2.25.